The highest BCUT2D eigenvalue weighted by molar-refractivity contribution is 6.03. The van der Waals surface area contributed by atoms with Crippen LogP contribution in [0.2, 0.25) is 0 Å². The predicted molar refractivity (Wildman–Crippen MR) is 120 cm³/mol. The summed E-state index contributed by atoms with van der Waals surface area (Å²) < 4.78 is 49.5. The van der Waals surface area contributed by atoms with Crippen molar-refractivity contribution < 1.29 is 32.5 Å². The van der Waals surface area contributed by atoms with Crippen LogP contribution in [0.25, 0.3) is 11.1 Å². The molecule has 2 N–H and O–H groups in total. The number of aliphatic hydroxyl groups is 1. The van der Waals surface area contributed by atoms with Crippen molar-refractivity contribution in [3.63, 3.8) is 0 Å². The molecule has 10 heteroatoms. The summed E-state index contributed by atoms with van der Waals surface area (Å²) in [4.78, 5) is 20.6. The van der Waals surface area contributed by atoms with E-state index in [-0.39, 0.29) is 18.9 Å². The summed E-state index contributed by atoms with van der Waals surface area (Å²) in [6, 6.07) is 8.59. The number of carbonyl (C=O) groups excluding carboxylic acids is 1. The van der Waals surface area contributed by atoms with Crippen LogP contribution in [0.5, 0.6) is 5.88 Å². The third-order valence-corrected chi connectivity index (χ3v) is 5.00. The molecule has 0 radical (unpaired) electrons. The molecular formula is C24H24F3N3O4. The van der Waals surface area contributed by atoms with E-state index in [1.165, 1.54) is 7.11 Å². The van der Waals surface area contributed by atoms with Gasteiger partial charge in [-0.2, -0.15) is 13.2 Å². The molecule has 0 unspecified atom stereocenters. The van der Waals surface area contributed by atoms with Gasteiger partial charge in [0.2, 0.25) is 5.88 Å². The van der Waals surface area contributed by atoms with Crippen LogP contribution in [0, 0.1) is 6.92 Å². The number of hydrogen-bond acceptors (Lipinski definition) is 6. The summed E-state index contributed by atoms with van der Waals surface area (Å²) >= 11 is 0. The number of alkyl halides is 3. The average molecular weight is 475 g/mol. The molecule has 7 nitrogen and oxygen atoms in total. The lowest BCUT2D eigenvalue weighted by Crippen LogP contribution is -2.15. The van der Waals surface area contributed by atoms with E-state index in [9.17, 15) is 18.0 Å². The molecule has 0 bridgehead atoms. The minimum Gasteiger partial charge on any atom is -0.481 e. The second-order valence-electron chi connectivity index (χ2n) is 7.39. The predicted octanol–water partition coefficient (Wildman–Crippen LogP) is 4.28. The molecule has 0 atom stereocenters. The number of anilines is 1. The summed E-state index contributed by atoms with van der Waals surface area (Å²) in [6.45, 7) is 2.44. The average Bonchev–Trinajstić information content (AvgIpc) is 2.82. The number of carbonyl (C=O) groups is 1. The van der Waals surface area contributed by atoms with Crippen LogP contribution in [-0.2, 0) is 17.3 Å². The third kappa shape index (κ3) is 6.30. The van der Waals surface area contributed by atoms with E-state index in [0.717, 1.165) is 34.5 Å². The minimum atomic E-state index is -4.57. The van der Waals surface area contributed by atoms with Crippen LogP contribution in [0.4, 0.5) is 18.9 Å². The molecule has 1 amide bonds. The molecule has 0 fully saturated rings. The Bertz CT molecular complexity index is 1150. The molecule has 3 aromatic rings. The SMILES string of the molecule is COc1ncc(-c2cc(NC(=O)c3cc(C(F)(F)F)ccn3)ccc2C)cc1CCOCCO. The molecule has 2 aromatic heterocycles. The molecule has 0 saturated heterocycles. The first kappa shape index (κ1) is 25.1. The van der Waals surface area contributed by atoms with Gasteiger partial charge in [0.15, 0.2) is 0 Å². The minimum absolute atomic E-state index is 0.0663. The quantitative estimate of drug-likeness (QED) is 0.449. The zero-order chi connectivity index (χ0) is 24.7. The standard InChI is InChI=1S/C24H24F3N3O4/c1-15-3-4-19(30-22(32)21-12-18(5-7-28-21)24(25,26)27)13-20(15)17-11-16(6-9-34-10-8-31)23(33-2)29-14-17/h3-5,7,11-14,31H,6,8-10H2,1-2H3,(H,30,32). The number of halogens is 3. The van der Waals surface area contributed by atoms with Crippen molar-refractivity contribution in [2.24, 2.45) is 0 Å². The Morgan fingerprint density at radius 3 is 2.62 bits per heavy atom. The van der Waals surface area contributed by atoms with Crippen molar-refractivity contribution in [1.29, 1.82) is 0 Å². The molecule has 2 heterocycles. The molecule has 180 valence electrons. The van der Waals surface area contributed by atoms with Gasteiger partial charge < -0.3 is 19.9 Å². The van der Waals surface area contributed by atoms with Crippen molar-refractivity contribution in [3.8, 4) is 17.0 Å². The van der Waals surface area contributed by atoms with E-state index >= 15 is 0 Å². The number of amides is 1. The number of benzene rings is 1. The van der Waals surface area contributed by atoms with Crippen LogP contribution in [0.1, 0.15) is 27.2 Å². The Balaban J connectivity index is 1.84. The highest BCUT2D eigenvalue weighted by atomic mass is 19.4. The Morgan fingerprint density at radius 1 is 1.12 bits per heavy atom. The smallest absolute Gasteiger partial charge is 0.416 e. The van der Waals surface area contributed by atoms with E-state index < -0.39 is 17.6 Å². The van der Waals surface area contributed by atoms with E-state index in [2.05, 4.69) is 15.3 Å². The summed E-state index contributed by atoms with van der Waals surface area (Å²) in [7, 11) is 1.52. The van der Waals surface area contributed by atoms with Gasteiger partial charge in [0.05, 0.1) is 32.5 Å². The van der Waals surface area contributed by atoms with Gasteiger partial charge in [0, 0.05) is 35.6 Å². The molecule has 0 saturated carbocycles. The number of aromatic nitrogens is 2. The number of rotatable bonds is 9. The Kier molecular flexibility index (Phi) is 8.19. The number of hydrogen-bond donors (Lipinski definition) is 2. The van der Waals surface area contributed by atoms with E-state index in [0.29, 0.717) is 30.7 Å². The molecule has 0 aliphatic carbocycles. The summed E-state index contributed by atoms with van der Waals surface area (Å²) in [5, 5.41) is 11.5. The van der Waals surface area contributed by atoms with Gasteiger partial charge in [-0.05, 0) is 48.4 Å². The number of nitrogens with zero attached hydrogens (tertiary/aromatic N) is 2. The molecule has 0 spiro atoms. The maximum atomic E-state index is 13.0. The van der Waals surface area contributed by atoms with Crippen LogP contribution in [0.15, 0.2) is 48.8 Å². The maximum Gasteiger partial charge on any atom is 0.416 e. The summed E-state index contributed by atoms with van der Waals surface area (Å²) in [5.74, 6) is -0.301. The van der Waals surface area contributed by atoms with E-state index in [1.807, 2.05) is 13.0 Å². The fourth-order valence-corrected chi connectivity index (χ4v) is 3.29. The Labute approximate surface area is 194 Å². The third-order valence-electron chi connectivity index (χ3n) is 5.00. The van der Waals surface area contributed by atoms with Crippen molar-refractivity contribution in [2.75, 3.05) is 32.2 Å². The Morgan fingerprint density at radius 2 is 1.91 bits per heavy atom. The topological polar surface area (TPSA) is 93.6 Å². The van der Waals surface area contributed by atoms with Gasteiger partial charge in [-0.1, -0.05) is 6.07 Å². The van der Waals surface area contributed by atoms with Crippen LogP contribution < -0.4 is 10.1 Å². The van der Waals surface area contributed by atoms with E-state index in [4.69, 9.17) is 14.6 Å². The van der Waals surface area contributed by atoms with Gasteiger partial charge in [-0.15, -0.1) is 0 Å². The molecule has 0 aliphatic heterocycles. The molecular weight excluding hydrogens is 451 g/mol. The van der Waals surface area contributed by atoms with Crippen molar-refractivity contribution >= 4 is 11.6 Å². The molecule has 3 rings (SSSR count). The second-order valence-corrected chi connectivity index (χ2v) is 7.39. The van der Waals surface area contributed by atoms with Crippen LogP contribution >= 0.6 is 0 Å². The number of nitrogens with one attached hydrogen (secondary N) is 1. The molecule has 34 heavy (non-hydrogen) atoms. The largest absolute Gasteiger partial charge is 0.481 e. The number of aliphatic hydroxyl groups excluding tert-OH is 1. The first-order valence-electron chi connectivity index (χ1n) is 10.4. The summed E-state index contributed by atoms with van der Waals surface area (Å²) in [6.07, 6.45) is -1.47. The lowest BCUT2D eigenvalue weighted by Gasteiger charge is -2.14. The fourth-order valence-electron chi connectivity index (χ4n) is 3.29. The van der Waals surface area contributed by atoms with Crippen molar-refractivity contribution in [2.45, 2.75) is 19.5 Å². The van der Waals surface area contributed by atoms with Gasteiger partial charge in [0.1, 0.15) is 5.69 Å². The van der Waals surface area contributed by atoms with Crippen LogP contribution in [0.3, 0.4) is 0 Å². The number of methoxy groups -OCH3 is 1. The molecule has 0 aliphatic rings. The first-order valence-corrected chi connectivity index (χ1v) is 10.4. The fraction of sp³-hybridized carbons (Fsp3) is 0.292. The zero-order valence-corrected chi connectivity index (χ0v) is 18.6. The summed E-state index contributed by atoms with van der Waals surface area (Å²) in [5.41, 5.74) is 2.37. The monoisotopic (exact) mass is 475 g/mol. The van der Waals surface area contributed by atoms with Crippen molar-refractivity contribution in [1.82, 2.24) is 9.97 Å². The van der Waals surface area contributed by atoms with Gasteiger partial charge in [-0.3, -0.25) is 9.78 Å². The highest BCUT2D eigenvalue weighted by Crippen LogP contribution is 2.31. The highest BCUT2D eigenvalue weighted by Gasteiger charge is 2.31. The maximum absolute atomic E-state index is 13.0. The lowest BCUT2D eigenvalue weighted by atomic mass is 9.99. The van der Waals surface area contributed by atoms with E-state index in [1.54, 1.807) is 24.4 Å². The normalized spacial score (nSPS) is 11.4. The van der Waals surface area contributed by atoms with Crippen molar-refractivity contribution in [3.05, 3.63) is 71.2 Å². The zero-order valence-electron chi connectivity index (χ0n) is 18.6. The second kappa shape index (κ2) is 11.1. The number of pyridine rings is 2. The number of aryl methyl sites for hydroxylation is 1. The Hall–Kier alpha value is -3.50. The molecule has 1 aromatic carbocycles. The first-order chi connectivity index (χ1) is 16.2. The van der Waals surface area contributed by atoms with Crippen LogP contribution in [-0.4, -0.2) is 47.9 Å². The van der Waals surface area contributed by atoms with Gasteiger partial charge >= 0.3 is 6.18 Å². The number of ether oxygens (including phenoxy) is 2. The lowest BCUT2D eigenvalue weighted by molar-refractivity contribution is -0.137. The van der Waals surface area contributed by atoms with Gasteiger partial charge in [-0.25, -0.2) is 4.98 Å². The van der Waals surface area contributed by atoms with Gasteiger partial charge in [0.25, 0.3) is 5.91 Å².